The van der Waals surface area contributed by atoms with Gasteiger partial charge in [0.05, 0.1) is 68.1 Å². The van der Waals surface area contributed by atoms with Crippen LogP contribution in [-0.4, -0.2) is 251 Å². The number of hydrogen-bond acceptors (Lipinski definition) is 24. The summed E-state index contributed by atoms with van der Waals surface area (Å²) in [6, 6.07) is 0. The zero-order valence-corrected chi connectivity index (χ0v) is 37.1. The van der Waals surface area contributed by atoms with Gasteiger partial charge in [0.25, 0.3) is 0 Å². The van der Waals surface area contributed by atoms with Gasteiger partial charge >= 0.3 is 5.97 Å². The minimum Gasteiger partial charge on any atom is -0.460 e. The second kappa shape index (κ2) is 23.3. The van der Waals surface area contributed by atoms with Crippen LogP contribution in [0.25, 0.3) is 0 Å². The number of fused-ring (bicyclic) bond motifs is 1. The Labute approximate surface area is 386 Å². The first-order valence-electron chi connectivity index (χ1n) is 23.3. The summed E-state index contributed by atoms with van der Waals surface area (Å²) in [7, 11) is 1.46. The van der Waals surface area contributed by atoms with Crippen molar-refractivity contribution in [1.82, 2.24) is 0 Å². The monoisotopic (exact) mass is 970 g/mol. The van der Waals surface area contributed by atoms with Crippen LogP contribution in [0.5, 0.6) is 0 Å². The molecule has 24 heteroatoms. The fraction of sp³-hybridized carbons (Fsp3) is 0.930. The second-order valence-electron chi connectivity index (χ2n) is 19.1. The lowest BCUT2D eigenvalue weighted by molar-refractivity contribution is -0.380. The summed E-state index contributed by atoms with van der Waals surface area (Å²) < 4.78 is 54.0. The van der Waals surface area contributed by atoms with Crippen molar-refractivity contribution in [2.24, 2.45) is 17.8 Å². The third kappa shape index (κ3) is 12.0. The zero-order chi connectivity index (χ0) is 48.4. The molecule has 4 heterocycles. The Kier molecular flexibility index (Phi) is 18.4. The summed E-state index contributed by atoms with van der Waals surface area (Å²) in [4.78, 5) is 12.7. The van der Waals surface area contributed by atoms with Crippen molar-refractivity contribution in [1.29, 1.82) is 0 Å². The Morgan fingerprint density at radius 2 is 1.15 bits per heavy atom. The molecule has 14 N–H and O–H groups in total. The van der Waals surface area contributed by atoms with Crippen LogP contribution in [0, 0.1) is 17.8 Å². The Balaban J connectivity index is 1.11. The lowest BCUT2D eigenvalue weighted by Crippen LogP contribution is -2.66. The molecular weight excluding hydrogens is 900 g/mol. The number of methoxy groups -OCH3 is 1. The summed E-state index contributed by atoms with van der Waals surface area (Å²) in [6.07, 6.45) is -28.4. The predicted molar refractivity (Wildman–Crippen MR) is 218 cm³/mol. The number of rotatable bonds is 14. The van der Waals surface area contributed by atoms with E-state index in [0.29, 0.717) is 32.1 Å². The fourth-order valence-electron chi connectivity index (χ4n) is 10.7. The minimum absolute atomic E-state index is 0.00499. The van der Waals surface area contributed by atoms with Crippen molar-refractivity contribution < 1.29 is 119 Å². The van der Waals surface area contributed by atoms with Crippen LogP contribution in [0.1, 0.15) is 57.8 Å². The van der Waals surface area contributed by atoms with E-state index in [0.717, 1.165) is 6.08 Å². The van der Waals surface area contributed by atoms with Gasteiger partial charge < -0.3 is 114 Å². The third-order valence-corrected chi connectivity index (χ3v) is 14.7. The first kappa shape index (κ1) is 53.1. The Morgan fingerprint density at radius 1 is 0.552 bits per heavy atom. The summed E-state index contributed by atoms with van der Waals surface area (Å²) in [5, 5.41) is 149. The smallest absolute Gasteiger partial charge is 0.330 e. The highest BCUT2D eigenvalue weighted by Gasteiger charge is 2.56. The number of carbonyl (C=O) groups is 1. The van der Waals surface area contributed by atoms with Gasteiger partial charge in [-0.3, -0.25) is 0 Å². The molecule has 7 aliphatic rings. The molecule has 0 bridgehead atoms. The van der Waals surface area contributed by atoms with Gasteiger partial charge in [-0.05, 0) is 63.2 Å². The molecule has 0 aromatic rings. The summed E-state index contributed by atoms with van der Waals surface area (Å²) in [5.74, 6) is -2.07. The molecule has 0 amide bonds. The van der Waals surface area contributed by atoms with Gasteiger partial charge in [0.2, 0.25) is 0 Å². The molecule has 3 saturated carbocycles. The maximum absolute atomic E-state index is 12.7. The molecule has 0 radical (unpaired) electrons. The van der Waals surface area contributed by atoms with Gasteiger partial charge in [0, 0.05) is 25.5 Å². The number of hydrogen-bond donors (Lipinski definition) is 14. The molecule has 0 aromatic heterocycles. The van der Waals surface area contributed by atoms with Crippen LogP contribution >= 0.6 is 0 Å². The van der Waals surface area contributed by atoms with Gasteiger partial charge in [0.1, 0.15) is 79.9 Å². The standard InChI is InChI=1S/C43H70O24/c1-59-25-9-17(4-6-21(25)48)39-26(12-19-23(61-39)10-18(46)11-24(19)62-41-37(57)34(54)31(51)27(13-44)64-41)63-43-40(36(56)32(52)28(14-45)65-43)67-42-38(58)35(55)33(53)29(66-42)15-60-30(50)7-3-16-2-5-20(47)22(49)8-16/h3,7,16-29,31-49,51-58H,2,4-6,8-15H2,1H3/t16?,17?,18?,19?,20?,21?,22?,23?,24?,25?,26?,27-,28-,29-,31-,32-,33-,34+,35+,36+,37-,38-,39?,40-,41-,42+,43-/m1/s1. The van der Waals surface area contributed by atoms with Crippen molar-refractivity contribution >= 4 is 5.97 Å². The van der Waals surface area contributed by atoms with Crippen molar-refractivity contribution in [2.75, 3.05) is 26.9 Å². The van der Waals surface area contributed by atoms with Gasteiger partial charge in [0.15, 0.2) is 18.9 Å². The number of ether oxygens (including phenoxy) is 9. The normalized spacial score (nSPS) is 51.0. The number of esters is 1. The molecule has 4 saturated heterocycles. The molecule has 3 aliphatic carbocycles. The average molecular weight is 971 g/mol. The highest BCUT2D eigenvalue weighted by Crippen LogP contribution is 2.45. The number of aliphatic hydroxyl groups is 14. The van der Waals surface area contributed by atoms with E-state index < -0.39 is 179 Å². The molecule has 67 heavy (non-hydrogen) atoms. The molecule has 0 spiro atoms. The molecule has 7 rings (SSSR count). The molecule has 24 nitrogen and oxygen atoms in total. The molecular formula is C43H70O24. The van der Waals surface area contributed by atoms with Crippen molar-refractivity contribution in [3.63, 3.8) is 0 Å². The maximum Gasteiger partial charge on any atom is 0.330 e. The number of allylic oxidation sites excluding steroid dienone is 1. The van der Waals surface area contributed by atoms with E-state index in [9.17, 15) is 76.3 Å². The Bertz CT molecular complexity index is 1590. The minimum atomic E-state index is -1.99. The fourth-order valence-corrected chi connectivity index (χ4v) is 10.7. The first-order valence-corrected chi connectivity index (χ1v) is 23.3. The van der Waals surface area contributed by atoms with Gasteiger partial charge in [-0.15, -0.1) is 0 Å². The molecule has 0 aromatic carbocycles. The van der Waals surface area contributed by atoms with Gasteiger partial charge in [-0.25, -0.2) is 4.79 Å². The largest absolute Gasteiger partial charge is 0.460 e. The quantitative estimate of drug-likeness (QED) is 0.0569. The molecule has 386 valence electrons. The second-order valence-corrected chi connectivity index (χ2v) is 19.1. The summed E-state index contributed by atoms with van der Waals surface area (Å²) >= 11 is 0. The predicted octanol–water partition coefficient (Wildman–Crippen LogP) is -6.09. The summed E-state index contributed by atoms with van der Waals surface area (Å²) in [5.41, 5.74) is 0. The maximum atomic E-state index is 12.7. The molecule has 7 fully saturated rings. The summed E-state index contributed by atoms with van der Waals surface area (Å²) in [6.45, 7) is -2.16. The highest BCUT2D eigenvalue weighted by atomic mass is 16.8. The highest BCUT2D eigenvalue weighted by molar-refractivity contribution is 5.81. The molecule has 4 aliphatic heterocycles. The van der Waals surface area contributed by atoms with Crippen LogP contribution in [0.15, 0.2) is 12.2 Å². The van der Waals surface area contributed by atoms with Crippen LogP contribution < -0.4 is 0 Å². The van der Waals surface area contributed by atoms with E-state index in [1.54, 1.807) is 0 Å². The van der Waals surface area contributed by atoms with Crippen LogP contribution in [0.2, 0.25) is 0 Å². The number of aliphatic hydroxyl groups excluding tert-OH is 14. The van der Waals surface area contributed by atoms with Crippen molar-refractivity contribution in [2.45, 2.75) is 205 Å². The van der Waals surface area contributed by atoms with Gasteiger partial charge in [-0.2, -0.15) is 0 Å². The zero-order valence-electron chi connectivity index (χ0n) is 37.1. The SMILES string of the molecule is COC1CC(C2OC3CC(O)CC(O[C@@H]4O[C@H](CO)[C@@H](O)[C@H](O)[C@H]4O)C3CC2O[C@@H]2O[C@H](CO)[C@@H](O)[C@H](O)[C@H]2O[C@@H]2O[C@H](COC(=O)C=CC3CCC(O)C(O)C3)[C@@H](O)[C@H](O)[C@H]2O)CCC1O. The Morgan fingerprint density at radius 3 is 1.81 bits per heavy atom. The van der Waals surface area contributed by atoms with Crippen molar-refractivity contribution in [3.8, 4) is 0 Å². The average Bonchev–Trinajstić information content (AvgIpc) is 3.31. The van der Waals surface area contributed by atoms with E-state index in [4.69, 9.17) is 42.6 Å². The van der Waals surface area contributed by atoms with E-state index >= 15 is 0 Å². The topological polar surface area (TPSA) is 383 Å². The van der Waals surface area contributed by atoms with Crippen LogP contribution in [0.4, 0.5) is 0 Å². The molecule has 27 atom stereocenters. The van der Waals surface area contributed by atoms with E-state index in [2.05, 4.69) is 0 Å². The number of carbonyl (C=O) groups excluding carboxylic acids is 1. The van der Waals surface area contributed by atoms with E-state index in [-0.39, 0.29) is 37.5 Å². The lowest BCUT2D eigenvalue weighted by Gasteiger charge is -2.53. The van der Waals surface area contributed by atoms with Gasteiger partial charge in [-0.1, -0.05) is 6.08 Å². The van der Waals surface area contributed by atoms with E-state index in [1.165, 1.54) is 13.2 Å². The molecule has 12 unspecified atom stereocenters. The lowest BCUT2D eigenvalue weighted by atomic mass is 9.72. The Hall–Kier alpha value is -1.67. The van der Waals surface area contributed by atoms with Crippen LogP contribution in [-0.2, 0) is 47.4 Å². The van der Waals surface area contributed by atoms with E-state index in [1.807, 2.05) is 0 Å². The first-order chi connectivity index (χ1) is 31.9. The van der Waals surface area contributed by atoms with Crippen LogP contribution in [0.3, 0.4) is 0 Å². The third-order valence-electron chi connectivity index (χ3n) is 14.7. The van der Waals surface area contributed by atoms with Crippen molar-refractivity contribution in [3.05, 3.63) is 12.2 Å².